The van der Waals surface area contributed by atoms with Crippen LogP contribution in [0, 0.1) is 0 Å². The van der Waals surface area contributed by atoms with Crippen molar-refractivity contribution in [2.45, 2.75) is 30.1 Å². The average Bonchev–Trinajstić information content (AvgIpc) is 3.06. The quantitative estimate of drug-likeness (QED) is 0.241. The fraction of sp³-hybridized carbons (Fsp3) is 0.643. The number of hydrogen-bond donors (Lipinski definition) is 3. The van der Waals surface area contributed by atoms with E-state index in [1.54, 1.807) is 17.5 Å². The second-order valence-electron chi connectivity index (χ2n) is 5.28. The first-order valence-electron chi connectivity index (χ1n) is 7.77. The molecule has 0 aliphatic carbocycles. The topological polar surface area (TPSA) is 94.0 Å². The van der Waals surface area contributed by atoms with E-state index in [4.69, 9.17) is 0 Å². The second kappa shape index (κ2) is 10.5. The highest BCUT2D eigenvalue weighted by atomic mass is 127. The number of rotatable bonds is 6. The van der Waals surface area contributed by atoms with Gasteiger partial charge in [0.25, 0.3) is 0 Å². The molecule has 10 heteroatoms. The van der Waals surface area contributed by atoms with E-state index in [-0.39, 0.29) is 36.6 Å². The minimum absolute atomic E-state index is 0. The predicted octanol–water partition coefficient (Wildman–Crippen LogP) is 1.07. The second-order valence-corrected chi connectivity index (χ2v) is 8.23. The van der Waals surface area contributed by atoms with Crippen LogP contribution in [0.15, 0.2) is 26.7 Å². The first kappa shape index (κ1) is 21.6. The third-order valence-corrected chi connectivity index (χ3v) is 6.38. The van der Waals surface area contributed by atoms with Crippen LogP contribution >= 0.6 is 35.3 Å². The molecule has 1 fully saturated rings. The van der Waals surface area contributed by atoms with Gasteiger partial charge >= 0.3 is 0 Å². The maximum atomic E-state index is 12.0. The molecule has 0 unspecified atom stereocenters. The molecule has 3 N–H and O–H groups in total. The van der Waals surface area contributed by atoms with Crippen LogP contribution in [0.4, 0.5) is 0 Å². The van der Waals surface area contributed by atoms with Gasteiger partial charge in [0.2, 0.25) is 10.0 Å². The Morgan fingerprint density at radius 1 is 1.46 bits per heavy atom. The number of piperidine rings is 1. The van der Waals surface area contributed by atoms with E-state index in [1.807, 2.05) is 6.92 Å². The van der Waals surface area contributed by atoms with Crippen LogP contribution in [0.3, 0.4) is 0 Å². The molecule has 0 aromatic carbocycles. The van der Waals surface area contributed by atoms with Crippen LogP contribution in [-0.2, 0) is 10.0 Å². The van der Waals surface area contributed by atoms with Gasteiger partial charge in [0.15, 0.2) is 5.96 Å². The van der Waals surface area contributed by atoms with E-state index >= 15 is 0 Å². The van der Waals surface area contributed by atoms with E-state index in [9.17, 15) is 13.5 Å². The Morgan fingerprint density at radius 2 is 2.17 bits per heavy atom. The highest BCUT2D eigenvalue weighted by Crippen LogP contribution is 2.15. The first-order valence-corrected chi connectivity index (χ1v) is 10.1. The van der Waals surface area contributed by atoms with Gasteiger partial charge in [-0.2, -0.15) is 0 Å². The molecular formula is C14H25IN4O3S2. The van der Waals surface area contributed by atoms with Crippen molar-refractivity contribution in [1.29, 1.82) is 0 Å². The number of sulfonamides is 1. The van der Waals surface area contributed by atoms with Gasteiger partial charge in [0, 0.05) is 26.2 Å². The average molecular weight is 488 g/mol. The summed E-state index contributed by atoms with van der Waals surface area (Å²) < 4.78 is 26.9. The van der Waals surface area contributed by atoms with E-state index in [1.165, 1.54) is 11.3 Å². The maximum absolute atomic E-state index is 12.0. The summed E-state index contributed by atoms with van der Waals surface area (Å²) in [5.41, 5.74) is 0. The lowest BCUT2D eigenvalue weighted by Gasteiger charge is -2.32. The van der Waals surface area contributed by atoms with Crippen molar-refractivity contribution in [2.24, 2.45) is 4.99 Å². The SMILES string of the molecule is CCNC(=NCCNS(=O)(=O)c1cccs1)N1CCC(O)CC1.I. The highest BCUT2D eigenvalue weighted by Gasteiger charge is 2.19. The Kier molecular flexibility index (Phi) is 9.49. The molecule has 0 radical (unpaired) electrons. The monoisotopic (exact) mass is 488 g/mol. The molecule has 0 saturated carbocycles. The summed E-state index contributed by atoms with van der Waals surface area (Å²) in [5, 5.41) is 14.5. The lowest BCUT2D eigenvalue weighted by atomic mass is 10.1. The van der Waals surface area contributed by atoms with Crippen molar-refractivity contribution in [3.63, 3.8) is 0 Å². The molecule has 0 atom stereocenters. The van der Waals surface area contributed by atoms with Crippen LogP contribution in [0.2, 0.25) is 0 Å². The van der Waals surface area contributed by atoms with Crippen molar-refractivity contribution < 1.29 is 13.5 Å². The Hall–Kier alpha value is -0.430. The van der Waals surface area contributed by atoms with Crippen molar-refractivity contribution in [1.82, 2.24) is 14.9 Å². The fourth-order valence-electron chi connectivity index (χ4n) is 2.33. The maximum Gasteiger partial charge on any atom is 0.250 e. The molecular weight excluding hydrogens is 463 g/mol. The van der Waals surface area contributed by atoms with Gasteiger partial charge in [-0.15, -0.1) is 35.3 Å². The van der Waals surface area contributed by atoms with E-state index < -0.39 is 10.0 Å². The number of aliphatic imine (C=N–C) groups is 1. The molecule has 0 spiro atoms. The molecule has 1 aromatic heterocycles. The van der Waals surface area contributed by atoms with Crippen molar-refractivity contribution in [2.75, 3.05) is 32.7 Å². The molecule has 7 nitrogen and oxygen atoms in total. The summed E-state index contributed by atoms with van der Waals surface area (Å²) in [6.45, 7) is 4.88. The van der Waals surface area contributed by atoms with Crippen LogP contribution in [-0.4, -0.2) is 63.2 Å². The molecule has 1 aliphatic rings. The third kappa shape index (κ3) is 6.47. The largest absolute Gasteiger partial charge is 0.393 e. The number of guanidine groups is 1. The van der Waals surface area contributed by atoms with Crippen molar-refractivity contribution in [3.05, 3.63) is 17.5 Å². The number of aliphatic hydroxyl groups excluding tert-OH is 1. The number of likely N-dealkylation sites (tertiary alicyclic amines) is 1. The van der Waals surface area contributed by atoms with Crippen LogP contribution in [0.5, 0.6) is 0 Å². The van der Waals surface area contributed by atoms with Crippen LogP contribution in [0.25, 0.3) is 0 Å². The number of halogens is 1. The van der Waals surface area contributed by atoms with Gasteiger partial charge in [0.1, 0.15) is 4.21 Å². The molecule has 0 bridgehead atoms. The number of nitrogens with zero attached hydrogens (tertiary/aromatic N) is 2. The number of nitrogens with one attached hydrogen (secondary N) is 2. The summed E-state index contributed by atoms with van der Waals surface area (Å²) in [5.74, 6) is 0.773. The van der Waals surface area contributed by atoms with E-state index in [0.717, 1.165) is 38.4 Å². The van der Waals surface area contributed by atoms with Gasteiger partial charge in [-0.3, -0.25) is 4.99 Å². The van der Waals surface area contributed by atoms with Gasteiger partial charge in [-0.05, 0) is 31.2 Å². The Balaban J connectivity index is 0.00000288. The van der Waals surface area contributed by atoms with Gasteiger partial charge in [-0.25, -0.2) is 13.1 Å². The van der Waals surface area contributed by atoms with Gasteiger partial charge in [-0.1, -0.05) is 6.07 Å². The minimum atomic E-state index is -3.43. The summed E-state index contributed by atoms with van der Waals surface area (Å²) >= 11 is 1.19. The third-order valence-electron chi connectivity index (χ3n) is 3.52. The molecule has 1 saturated heterocycles. The lowest BCUT2D eigenvalue weighted by Crippen LogP contribution is -2.46. The number of aliphatic hydroxyl groups is 1. The zero-order chi connectivity index (χ0) is 16.7. The summed E-state index contributed by atoms with van der Waals surface area (Å²) in [6, 6.07) is 3.30. The van der Waals surface area contributed by atoms with E-state index in [2.05, 4.69) is 19.9 Å². The smallest absolute Gasteiger partial charge is 0.250 e. The predicted molar refractivity (Wildman–Crippen MR) is 108 cm³/mol. The molecule has 1 aliphatic heterocycles. The summed E-state index contributed by atoms with van der Waals surface area (Å²) in [7, 11) is -3.43. The number of thiophene rings is 1. The van der Waals surface area contributed by atoms with Gasteiger partial charge in [0.05, 0.1) is 12.6 Å². The molecule has 2 rings (SSSR count). The van der Waals surface area contributed by atoms with Crippen molar-refractivity contribution in [3.8, 4) is 0 Å². The highest BCUT2D eigenvalue weighted by molar-refractivity contribution is 14.0. The minimum Gasteiger partial charge on any atom is -0.393 e. The van der Waals surface area contributed by atoms with Crippen LogP contribution < -0.4 is 10.0 Å². The Morgan fingerprint density at radius 3 is 2.75 bits per heavy atom. The summed E-state index contributed by atoms with van der Waals surface area (Å²) in [4.78, 5) is 6.57. The van der Waals surface area contributed by atoms with E-state index in [0.29, 0.717) is 10.8 Å². The first-order chi connectivity index (χ1) is 11.0. The fourth-order valence-corrected chi connectivity index (χ4v) is 4.39. The Bertz CT molecular complexity index is 600. The Labute approximate surface area is 164 Å². The van der Waals surface area contributed by atoms with Crippen LogP contribution in [0.1, 0.15) is 19.8 Å². The molecule has 1 aromatic rings. The van der Waals surface area contributed by atoms with Crippen molar-refractivity contribution >= 4 is 51.3 Å². The standard InChI is InChI=1S/C14H24N4O3S2.HI/c1-2-15-14(18-9-5-12(19)6-10-18)16-7-8-17-23(20,21)13-4-3-11-22-13;/h3-4,11-12,17,19H,2,5-10H2,1H3,(H,15,16);1H. The molecule has 2 heterocycles. The zero-order valence-corrected chi connectivity index (χ0v) is 17.6. The summed E-state index contributed by atoms with van der Waals surface area (Å²) in [6.07, 6.45) is 1.23. The zero-order valence-electron chi connectivity index (χ0n) is 13.6. The molecule has 0 amide bonds. The molecule has 24 heavy (non-hydrogen) atoms. The molecule has 138 valence electrons. The number of hydrogen-bond acceptors (Lipinski definition) is 5. The normalized spacial score (nSPS) is 16.8. The lowest BCUT2D eigenvalue weighted by molar-refractivity contribution is 0.108. The van der Waals surface area contributed by atoms with Gasteiger partial charge < -0.3 is 15.3 Å².